The average molecular weight is 1030 g/mol. The van der Waals surface area contributed by atoms with Crippen molar-refractivity contribution < 1.29 is 29.0 Å². The van der Waals surface area contributed by atoms with E-state index in [2.05, 4.69) is 32.3 Å². The Kier molecular flexibility index (Phi) is 16.5. The van der Waals surface area contributed by atoms with Gasteiger partial charge in [-0.15, -0.1) is 11.3 Å². The number of benzene rings is 2. The Labute approximate surface area is 430 Å². The fourth-order valence-corrected chi connectivity index (χ4v) is 12.0. The number of likely N-dealkylation sites (tertiary alicyclic amines) is 2. The molecular weight excluding hydrogens is 960 g/mol. The van der Waals surface area contributed by atoms with E-state index in [1.807, 2.05) is 86.9 Å². The smallest absolute Gasteiger partial charge is 0.246 e. The van der Waals surface area contributed by atoms with Gasteiger partial charge in [0.2, 0.25) is 23.6 Å². The summed E-state index contributed by atoms with van der Waals surface area (Å²) in [5.74, 6) is 0.448. The van der Waals surface area contributed by atoms with Gasteiger partial charge in [-0.05, 0) is 73.7 Å². The minimum atomic E-state index is -0.910. The topological polar surface area (TPSA) is 199 Å². The van der Waals surface area contributed by atoms with Gasteiger partial charge in [0.15, 0.2) is 0 Å². The number of β-amino-alcohol motifs (C(OH)–C–C–N with tert-alkyl or cyclic N) is 1. The molecule has 2 aromatic heterocycles. The fourth-order valence-electron chi connectivity index (χ4n) is 10.1. The third kappa shape index (κ3) is 12.4. The predicted molar refractivity (Wildman–Crippen MR) is 279 cm³/mol. The highest BCUT2D eigenvalue weighted by molar-refractivity contribution is 7.99. The van der Waals surface area contributed by atoms with Gasteiger partial charge in [-0.25, -0.2) is 15.0 Å². The molecule has 4 amide bonds. The quantitative estimate of drug-likeness (QED) is 0.104. The number of hydrogen-bond donors (Lipinski definition) is 4. The molecule has 0 spiro atoms. The Morgan fingerprint density at radius 3 is 2.35 bits per heavy atom. The number of aliphatic hydroxyl groups is 1. The SMILES string of the molecule is CC(=O)N[C@H](C(=O)N1C[C@H](O)C[C@H]1C(=O)NCc1ccc(-c2scnc2C)cc1OC1CCN(C(=O)C2CCN(c3cccc(Sc4cnc(N5CCC(C)(CN)CC5)cn4)c3Cl)CC2)CC1)C(C)(C)C. The second kappa shape index (κ2) is 22.4. The van der Waals surface area contributed by atoms with Crippen LogP contribution in [0, 0.1) is 23.7 Å². The van der Waals surface area contributed by atoms with Crippen LogP contribution in [0.1, 0.15) is 90.8 Å². The minimum absolute atomic E-state index is 0.00727. The zero-order valence-corrected chi connectivity index (χ0v) is 44.2. The molecule has 6 heterocycles. The number of nitrogens with zero attached hydrogens (tertiary/aromatic N) is 7. The van der Waals surface area contributed by atoms with Crippen molar-refractivity contribution in [2.24, 2.45) is 22.5 Å². The van der Waals surface area contributed by atoms with Gasteiger partial charge >= 0.3 is 0 Å². The van der Waals surface area contributed by atoms with Gasteiger partial charge in [0.25, 0.3) is 0 Å². The van der Waals surface area contributed by atoms with Crippen LogP contribution in [-0.2, 0) is 25.7 Å². The van der Waals surface area contributed by atoms with Crippen molar-refractivity contribution in [2.45, 2.75) is 127 Å². The molecule has 71 heavy (non-hydrogen) atoms. The molecule has 4 aliphatic rings. The van der Waals surface area contributed by atoms with Crippen LogP contribution in [0.5, 0.6) is 5.75 Å². The molecule has 19 heteroatoms. The number of anilines is 2. The summed E-state index contributed by atoms with van der Waals surface area (Å²) in [4.78, 5) is 77.5. The zero-order chi connectivity index (χ0) is 50.6. The number of ether oxygens (including phenoxy) is 1. The van der Waals surface area contributed by atoms with Crippen LogP contribution in [0.25, 0.3) is 10.4 Å². The van der Waals surface area contributed by atoms with Crippen LogP contribution in [0.2, 0.25) is 5.02 Å². The Morgan fingerprint density at radius 2 is 1.72 bits per heavy atom. The summed E-state index contributed by atoms with van der Waals surface area (Å²) in [6.45, 7) is 16.4. The van der Waals surface area contributed by atoms with Crippen LogP contribution in [-0.4, -0.2) is 130 Å². The van der Waals surface area contributed by atoms with E-state index in [0.717, 1.165) is 95.0 Å². The molecule has 0 radical (unpaired) electrons. The lowest BCUT2D eigenvalue weighted by Crippen LogP contribution is -2.57. The summed E-state index contributed by atoms with van der Waals surface area (Å²) in [6.07, 6.45) is 7.55. The summed E-state index contributed by atoms with van der Waals surface area (Å²) in [6, 6.07) is 10.2. The van der Waals surface area contributed by atoms with E-state index < -0.39 is 35.4 Å². The molecule has 0 unspecified atom stereocenters. The summed E-state index contributed by atoms with van der Waals surface area (Å²) in [7, 11) is 0. The van der Waals surface area contributed by atoms with Crippen LogP contribution >= 0.6 is 34.7 Å². The first-order chi connectivity index (χ1) is 33.9. The third-order valence-corrected chi connectivity index (χ3v) is 17.1. The summed E-state index contributed by atoms with van der Waals surface area (Å²) in [5, 5.41) is 17.9. The predicted octanol–water partition coefficient (Wildman–Crippen LogP) is 6.69. The first kappa shape index (κ1) is 52.3. The van der Waals surface area contributed by atoms with Gasteiger partial charge in [0, 0.05) is 94.9 Å². The number of thiazole rings is 1. The van der Waals surface area contributed by atoms with Crippen molar-refractivity contribution in [1.29, 1.82) is 0 Å². The Balaban J connectivity index is 0.850. The van der Waals surface area contributed by atoms with Crippen LogP contribution in [0.3, 0.4) is 0 Å². The van der Waals surface area contributed by atoms with Crippen molar-refractivity contribution in [3.63, 3.8) is 0 Å². The number of aliphatic hydroxyl groups excluding tert-OH is 1. The van der Waals surface area contributed by atoms with Crippen molar-refractivity contribution in [1.82, 2.24) is 35.4 Å². The number of nitrogens with one attached hydrogen (secondary N) is 2. The van der Waals surface area contributed by atoms with Crippen molar-refractivity contribution in [3.05, 3.63) is 70.6 Å². The maximum Gasteiger partial charge on any atom is 0.246 e. The highest BCUT2D eigenvalue weighted by Gasteiger charge is 2.44. The van der Waals surface area contributed by atoms with Crippen LogP contribution in [0.15, 0.2) is 64.2 Å². The van der Waals surface area contributed by atoms with Crippen molar-refractivity contribution >= 4 is 69.8 Å². The molecule has 4 aromatic rings. The van der Waals surface area contributed by atoms with E-state index in [9.17, 15) is 24.3 Å². The van der Waals surface area contributed by atoms with Crippen molar-refractivity contribution in [3.8, 4) is 16.2 Å². The number of amides is 4. The summed E-state index contributed by atoms with van der Waals surface area (Å²) >= 11 is 10.1. The van der Waals surface area contributed by atoms with Crippen molar-refractivity contribution in [2.75, 3.05) is 62.2 Å². The van der Waals surface area contributed by atoms with Crippen LogP contribution < -0.4 is 30.9 Å². The first-order valence-electron chi connectivity index (χ1n) is 24.9. The molecule has 0 aliphatic carbocycles. The molecule has 0 saturated carbocycles. The average Bonchev–Trinajstić information content (AvgIpc) is 3.98. The molecule has 3 atom stereocenters. The highest BCUT2D eigenvalue weighted by Crippen LogP contribution is 2.41. The lowest BCUT2D eigenvalue weighted by molar-refractivity contribution is -0.143. The standard InChI is InChI=1S/C52H69ClN10O6S2/c1-32-46(70-31-58-32)35-10-11-36(26-57-48(66)40-25-37(65)29-63(40)50(68)47(51(3,4)5)59-33(2)64)41(24-35)69-38-14-20-62(21-15-38)49(67)34-12-18-60(19-13-34)39-8-7-9-42(45(39)53)71-44-28-55-43(27-56-44)61-22-16-52(6,30-54)17-23-61/h7-11,24,27-28,31,34,37-38,40,47,65H,12-23,25-26,29-30,54H2,1-6H3,(H,57,66)(H,59,64)/t37-,40+,47-/m1/s1. The number of halogens is 1. The Hall–Kier alpha value is -5.01. The maximum absolute atomic E-state index is 14.0. The number of carbonyl (C=O) groups is 4. The van der Waals surface area contributed by atoms with E-state index in [0.29, 0.717) is 43.2 Å². The summed E-state index contributed by atoms with van der Waals surface area (Å²) in [5.41, 5.74) is 11.0. The van der Waals surface area contributed by atoms with Gasteiger partial charge in [-0.1, -0.05) is 69.3 Å². The molecule has 16 nitrogen and oxygen atoms in total. The molecule has 382 valence electrons. The lowest BCUT2D eigenvalue weighted by atomic mass is 9.80. The van der Waals surface area contributed by atoms with E-state index in [1.54, 1.807) is 11.3 Å². The number of aryl methyl sites for hydroxylation is 1. The molecule has 0 bridgehead atoms. The van der Waals surface area contributed by atoms with E-state index in [4.69, 9.17) is 32.0 Å². The Morgan fingerprint density at radius 1 is 0.986 bits per heavy atom. The van der Waals surface area contributed by atoms with Gasteiger partial charge in [-0.3, -0.25) is 19.2 Å². The second-order valence-electron chi connectivity index (χ2n) is 21.0. The third-order valence-electron chi connectivity index (χ3n) is 14.6. The minimum Gasteiger partial charge on any atom is -0.490 e. The molecule has 4 fully saturated rings. The van der Waals surface area contributed by atoms with Crippen LogP contribution in [0.4, 0.5) is 11.5 Å². The molecule has 8 rings (SSSR count). The maximum atomic E-state index is 14.0. The van der Waals surface area contributed by atoms with E-state index in [-0.39, 0.29) is 48.8 Å². The number of aromatic nitrogens is 3. The zero-order valence-electron chi connectivity index (χ0n) is 41.8. The van der Waals surface area contributed by atoms with E-state index >= 15 is 0 Å². The number of rotatable bonds is 14. The second-order valence-corrected chi connectivity index (χ2v) is 23.3. The molecule has 2 aromatic carbocycles. The normalized spacial score (nSPS) is 20.5. The number of piperidine rings is 3. The molecule has 4 aliphatic heterocycles. The number of carbonyl (C=O) groups excluding carboxylic acids is 4. The van der Waals surface area contributed by atoms with Gasteiger partial charge in [0.1, 0.15) is 34.8 Å². The number of hydrogen-bond acceptors (Lipinski definition) is 14. The summed E-state index contributed by atoms with van der Waals surface area (Å²) < 4.78 is 6.76. The molecular formula is C52H69ClN10O6S2. The number of nitrogens with two attached hydrogens (primary N) is 1. The molecule has 5 N–H and O–H groups in total. The van der Waals surface area contributed by atoms with Gasteiger partial charge < -0.3 is 45.8 Å². The molecule has 4 saturated heterocycles. The lowest BCUT2D eigenvalue weighted by Gasteiger charge is -2.39. The van der Waals surface area contributed by atoms with Gasteiger partial charge in [0.05, 0.1) is 45.3 Å². The van der Waals surface area contributed by atoms with Gasteiger partial charge in [-0.2, -0.15) is 0 Å². The van der Waals surface area contributed by atoms with E-state index in [1.165, 1.54) is 23.6 Å². The fraction of sp³-hybridized carbons (Fsp3) is 0.558. The highest BCUT2D eigenvalue weighted by atomic mass is 35.5. The Bertz CT molecular complexity index is 2530. The first-order valence-corrected chi connectivity index (χ1v) is 27.0. The monoisotopic (exact) mass is 1030 g/mol. The largest absolute Gasteiger partial charge is 0.490 e.